The Hall–Kier alpha value is -3.72. The van der Waals surface area contributed by atoms with E-state index < -0.39 is 0 Å². The Morgan fingerprint density at radius 3 is 1.44 bits per heavy atom. The minimum Gasteiger partial charge on any atom is -0.508 e. The summed E-state index contributed by atoms with van der Waals surface area (Å²) in [4.78, 5) is 4.44. The van der Waals surface area contributed by atoms with Crippen molar-refractivity contribution in [3.8, 4) is 5.75 Å². The SMILES string of the molecule is Oc1ccc2c(c1)N(c1ccccc1)c1ccccc1N2c1ccccc1. The fourth-order valence-corrected chi connectivity index (χ4v) is 3.69. The van der Waals surface area contributed by atoms with Crippen molar-refractivity contribution in [2.75, 3.05) is 9.80 Å². The molecule has 0 aromatic heterocycles. The summed E-state index contributed by atoms with van der Waals surface area (Å²) in [7, 11) is 0. The van der Waals surface area contributed by atoms with Gasteiger partial charge < -0.3 is 14.9 Å². The molecule has 0 saturated carbocycles. The van der Waals surface area contributed by atoms with Crippen molar-refractivity contribution in [2.45, 2.75) is 0 Å². The first-order valence-corrected chi connectivity index (χ1v) is 8.95. The van der Waals surface area contributed by atoms with E-state index in [0.29, 0.717) is 0 Å². The fourth-order valence-electron chi connectivity index (χ4n) is 3.69. The molecule has 0 bridgehead atoms. The van der Waals surface area contributed by atoms with Crippen LogP contribution in [0.1, 0.15) is 0 Å². The Morgan fingerprint density at radius 2 is 0.889 bits per heavy atom. The number of aromatic hydroxyl groups is 1. The highest BCUT2D eigenvalue weighted by Gasteiger charge is 2.30. The van der Waals surface area contributed by atoms with Gasteiger partial charge in [-0.2, -0.15) is 0 Å². The van der Waals surface area contributed by atoms with Gasteiger partial charge in [-0.15, -0.1) is 0 Å². The van der Waals surface area contributed by atoms with Crippen LogP contribution < -0.4 is 9.80 Å². The lowest BCUT2D eigenvalue weighted by Gasteiger charge is -2.40. The summed E-state index contributed by atoms with van der Waals surface area (Å²) < 4.78 is 0. The molecule has 3 nitrogen and oxygen atoms in total. The van der Waals surface area contributed by atoms with Crippen LogP contribution in [-0.4, -0.2) is 5.11 Å². The Labute approximate surface area is 158 Å². The smallest absolute Gasteiger partial charge is 0.117 e. The Morgan fingerprint density at radius 1 is 0.444 bits per heavy atom. The van der Waals surface area contributed by atoms with Crippen LogP contribution in [0.15, 0.2) is 103 Å². The maximum atomic E-state index is 10.2. The molecule has 0 amide bonds. The number of rotatable bonds is 2. The molecule has 4 aromatic carbocycles. The average molecular weight is 350 g/mol. The van der Waals surface area contributed by atoms with Gasteiger partial charge in [0.25, 0.3) is 0 Å². The monoisotopic (exact) mass is 350 g/mol. The summed E-state index contributed by atoms with van der Waals surface area (Å²) in [6.45, 7) is 0. The van der Waals surface area contributed by atoms with E-state index in [4.69, 9.17) is 0 Å². The molecule has 1 aliphatic rings. The molecule has 0 spiro atoms. The lowest BCUT2D eigenvalue weighted by molar-refractivity contribution is 0.475. The van der Waals surface area contributed by atoms with E-state index in [1.54, 1.807) is 6.07 Å². The van der Waals surface area contributed by atoms with Gasteiger partial charge in [-0.25, -0.2) is 0 Å². The first kappa shape index (κ1) is 15.5. The van der Waals surface area contributed by atoms with Crippen molar-refractivity contribution in [1.29, 1.82) is 0 Å². The normalized spacial score (nSPS) is 12.4. The molecule has 0 aliphatic carbocycles. The van der Waals surface area contributed by atoms with E-state index in [-0.39, 0.29) is 5.75 Å². The summed E-state index contributed by atoms with van der Waals surface area (Å²) in [5.74, 6) is 0.252. The molecule has 27 heavy (non-hydrogen) atoms. The van der Waals surface area contributed by atoms with Crippen LogP contribution in [0.3, 0.4) is 0 Å². The first-order valence-electron chi connectivity index (χ1n) is 8.95. The van der Waals surface area contributed by atoms with Crippen molar-refractivity contribution in [2.24, 2.45) is 0 Å². The van der Waals surface area contributed by atoms with Crippen LogP contribution in [0.25, 0.3) is 0 Å². The van der Waals surface area contributed by atoms with E-state index in [9.17, 15) is 5.11 Å². The van der Waals surface area contributed by atoms with E-state index in [2.05, 4.69) is 52.3 Å². The molecule has 1 aliphatic heterocycles. The standard InChI is InChI=1S/C24H18N2O/c27-20-15-16-23-24(17-20)26(19-11-5-2-6-12-19)22-14-8-7-13-21(22)25(23)18-9-3-1-4-10-18/h1-17,27H. The van der Waals surface area contributed by atoms with Gasteiger partial charge >= 0.3 is 0 Å². The number of benzene rings is 4. The molecule has 5 rings (SSSR count). The Bertz CT molecular complexity index is 1090. The highest BCUT2D eigenvalue weighted by atomic mass is 16.3. The van der Waals surface area contributed by atoms with Crippen LogP contribution in [0.4, 0.5) is 34.1 Å². The van der Waals surface area contributed by atoms with Crippen LogP contribution >= 0.6 is 0 Å². The summed E-state index contributed by atoms with van der Waals surface area (Å²) in [5.41, 5.74) is 6.30. The van der Waals surface area contributed by atoms with Crippen LogP contribution in [0.5, 0.6) is 5.75 Å². The molecule has 0 unspecified atom stereocenters. The van der Waals surface area contributed by atoms with Crippen molar-refractivity contribution in [3.05, 3.63) is 103 Å². The summed E-state index contributed by atoms with van der Waals surface area (Å²) in [6, 6.07) is 34.5. The van der Waals surface area contributed by atoms with E-state index in [1.165, 1.54) is 0 Å². The van der Waals surface area contributed by atoms with Gasteiger partial charge in [-0.1, -0.05) is 48.5 Å². The lowest BCUT2D eigenvalue weighted by Crippen LogP contribution is -2.23. The third-order valence-electron chi connectivity index (χ3n) is 4.83. The number of hydrogen-bond donors (Lipinski definition) is 1. The third-order valence-corrected chi connectivity index (χ3v) is 4.83. The molecule has 0 radical (unpaired) electrons. The lowest BCUT2D eigenvalue weighted by atomic mass is 10.0. The molecule has 1 N–H and O–H groups in total. The molecule has 0 saturated heterocycles. The molecule has 0 atom stereocenters. The fraction of sp³-hybridized carbons (Fsp3) is 0. The van der Waals surface area contributed by atoms with Gasteiger partial charge in [0.05, 0.1) is 22.7 Å². The Kier molecular flexibility index (Phi) is 3.58. The van der Waals surface area contributed by atoms with Gasteiger partial charge in [-0.05, 0) is 48.5 Å². The second-order valence-corrected chi connectivity index (χ2v) is 6.50. The number of hydrogen-bond acceptors (Lipinski definition) is 3. The van der Waals surface area contributed by atoms with Gasteiger partial charge in [0.15, 0.2) is 0 Å². The molecule has 130 valence electrons. The van der Waals surface area contributed by atoms with Crippen LogP contribution in [0.2, 0.25) is 0 Å². The van der Waals surface area contributed by atoms with E-state index in [1.807, 2.05) is 54.6 Å². The van der Waals surface area contributed by atoms with Crippen LogP contribution in [0, 0.1) is 0 Å². The highest BCUT2D eigenvalue weighted by molar-refractivity contribution is 6.01. The van der Waals surface area contributed by atoms with Crippen LogP contribution in [-0.2, 0) is 0 Å². The van der Waals surface area contributed by atoms with Crippen molar-refractivity contribution >= 4 is 34.1 Å². The molecular formula is C24H18N2O. The largest absolute Gasteiger partial charge is 0.508 e. The molecule has 3 heteroatoms. The number of phenols is 1. The highest BCUT2D eigenvalue weighted by Crippen LogP contribution is 2.54. The molecule has 1 heterocycles. The number of para-hydroxylation sites is 4. The number of anilines is 6. The second kappa shape index (κ2) is 6.22. The first-order chi connectivity index (χ1) is 13.3. The predicted molar refractivity (Wildman–Crippen MR) is 111 cm³/mol. The van der Waals surface area contributed by atoms with Crippen molar-refractivity contribution < 1.29 is 5.11 Å². The second-order valence-electron chi connectivity index (χ2n) is 6.50. The molecule has 4 aromatic rings. The minimum atomic E-state index is 0.252. The van der Waals surface area contributed by atoms with E-state index >= 15 is 0 Å². The zero-order valence-corrected chi connectivity index (χ0v) is 14.7. The maximum Gasteiger partial charge on any atom is 0.117 e. The van der Waals surface area contributed by atoms with Crippen molar-refractivity contribution in [3.63, 3.8) is 0 Å². The predicted octanol–water partition coefficient (Wildman–Crippen LogP) is 6.65. The topological polar surface area (TPSA) is 26.7 Å². The minimum absolute atomic E-state index is 0.252. The Balaban J connectivity index is 1.82. The quantitative estimate of drug-likeness (QED) is 0.386. The maximum absolute atomic E-state index is 10.2. The summed E-state index contributed by atoms with van der Waals surface area (Å²) >= 11 is 0. The van der Waals surface area contributed by atoms with Gasteiger partial charge in [-0.3, -0.25) is 0 Å². The zero-order chi connectivity index (χ0) is 18.2. The molecule has 0 fully saturated rings. The molecular weight excluding hydrogens is 332 g/mol. The van der Waals surface area contributed by atoms with Gasteiger partial charge in [0, 0.05) is 17.4 Å². The van der Waals surface area contributed by atoms with Crippen molar-refractivity contribution in [1.82, 2.24) is 0 Å². The average Bonchev–Trinajstić information content (AvgIpc) is 2.73. The van der Waals surface area contributed by atoms with Gasteiger partial charge in [0.2, 0.25) is 0 Å². The summed E-state index contributed by atoms with van der Waals surface area (Å²) in [6.07, 6.45) is 0. The third kappa shape index (κ3) is 2.52. The summed E-state index contributed by atoms with van der Waals surface area (Å²) in [5, 5.41) is 10.2. The van der Waals surface area contributed by atoms with Gasteiger partial charge in [0.1, 0.15) is 5.75 Å². The zero-order valence-electron chi connectivity index (χ0n) is 14.7. The van der Waals surface area contributed by atoms with E-state index in [0.717, 1.165) is 34.1 Å². The number of nitrogens with zero attached hydrogens (tertiary/aromatic N) is 2. The number of fused-ring (bicyclic) bond motifs is 2. The number of phenolic OH excluding ortho intramolecular Hbond substituents is 1.